The third-order valence-corrected chi connectivity index (χ3v) is 3.79. The van der Waals surface area contributed by atoms with Gasteiger partial charge in [-0.3, -0.25) is 4.90 Å². The molecule has 1 aromatic heterocycles. The van der Waals surface area contributed by atoms with Crippen molar-refractivity contribution in [2.45, 2.75) is 51.9 Å². The van der Waals surface area contributed by atoms with Crippen LogP contribution in [0.3, 0.4) is 0 Å². The van der Waals surface area contributed by atoms with Gasteiger partial charge in [-0.1, -0.05) is 0 Å². The largest absolute Gasteiger partial charge is 0.465 e. The fourth-order valence-electron chi connectivity index (χ4n) is 2.16. The van der Waals surface area contributed by atoms with Gasteiger partial charge in [0.15, 0.2) is 0 Å². The molecule has 1 heterocycles. The third kappa shape index (κ3) is 4.34. The summed E-state index contributed by atoms with van der Waals surface area (Å²) in [4.78, 5) is 2.29. The van der Waals surface area contributed by atoms with Gasteiger partial charge in [0.1, 0.15) is 11.5 Å². The molecule has 19 heavy (non-hydrogen) atoms. The average molecular weight is 266 g/mol. The monoisotopic (exact) mass is 266 g/mol. The van der Waals surface area contributed by atoms with Crippen molar-refractivity contribution in [1.82, 2.24) is 10.2 Å². The normalized spacial score (nSPS) is 17.1. The van der Waals surface area contributed by atoms with Crippen molar-refractivity contribution in [2.24, 2.45) is 0 Å². The van der Waals surface area contributed by atoms with E-state index in [0.717, 1.165) is 37.3 Å². The maximum Gasteiger partial charge on any atom is 0.118 e. The zero-order chi connectivity index (χ0) is 13.8. The first-order valence-corrected chi connectivity index (χ1v) is 7.11. The van der Waals surface area contributed by atoms with Gasteiger partial charge in [-0.2, -0.15) is 0 Å². The molecule has 4 heteroatoms. The summed E-state index contributed by atoms with van der Waals surface area (Å²) < 4.78 is 11.0. The summed E-state index contributed by atoms with van der Waals surface area (Å²) in [5.74, 6) is 2.08. The molecule has 0 spiro atoms. The first kappa shape index (κ1) is 14.6. The van der Waals surface area contributed by atoms with Crippen molar-refractivity contribution in [3.05, 3.63) is 23.2 Å². The van der Waals surface area contributed by atoms with Gasteiger partial charge in [-0.15, -0.1) is 0 Å². The zero-order valence-corrected chi connectivity index (χ0v) is 12.5. The van der Waals surface area contributed by atoms with Crippen LogP contribution < -0.4 is 5.32 Å². The van der Waals surface area contributed by atoms with Crippen molar-refractivity contribution in [2.75, 3.05) is 20.8 Å². The molecule has 0 radical (unpaired) electrons. The van der Waals surface area contributed by atoms with Gasteiger partial charge in [0, 0.05) is 31.3 Å². The van der Waals surface area contributed by atoms with Gasteiger partial charge in [-0.05, 0) is 39.8 Å². The lowest BCUT2D eigenvalue weighted by Gasteiger charge is -2.23. The van der Waals surface area contributed by atoms with Crippen molar-refractivity contribution in [3.8, 4) is 0 Å². The van der Waals surface area contributed by atoms with Gasteiger partial charge < -0.3 is 14.5 Å². The van der Waals surface area contributed by atoms with Crippen LogP contribution in [0, 0.1) is 6.92 Å². The molecule has 1 aliphatic carbocycles. The number of aryl methyl sites for hydroxylation is 1. The van der Waals surface area contributed by atoms with E-state index in [1.54, 1.807) is 7.11 Å². The maximum absolute atomic E-state index is 5.81. The quantitative estimate of drug-likeness (QED) is 0.783. The first-order chi connectivity index (χ1) is 9.10. The highest BCUT2D eigenvalue weighted by Crippen LogP contribution is 2.21. The number of ether oxygens (including phenoxy) is 1. The Kier molecular flexibility index (Phi) is 5.02. The second-order valence-electron chi connectivity index (χ2n) is 5.67. The molecule has 0 amide bonds. The molecule has 1 unspecified atom stereocenters. The predicted molar refractivity (Wildman–Crippen MR) is 76.1 cm³/mol. The minimum Gasteiger partial charge on any atom is -0.465 e. The molecule has 108 valence electrons. The molecule has 0 saturated heterocycles. The summed E-state index contributed by atoms with van der Waals surface area (Å²) in [6.07, 6.45) is 2.62. The minimum atomic E-state index is 0.410. The van der Waals surface area contributed by atoms with E-state index in [1.165, 1.54) is 18.4 Å². The molecule has 2 rings (SSSR count). The van der Waals surface area contributed by atoms with E-state index in [0.29, 0.717) is 6.04 Å². The van der Waals surface area contributed by atoms with Crippen LogP contribution in [0.4, 0.5) is 0 Å². The van der Waals surface area contributed by atoms with Crippen LogP contribution in [-0.4, -0.2) is 37.7 Å². The second-order valence-corrected chi connectivity index (χ2v) is 5.67. The fraction of sp³-hybridized carbons (Fsp3) is 0.733. The van der Waals surface area contributed by atoms with E-state index in [2.05, 4.69) is 30.3 Å². The summed E-state index contributed by atoms with van der Waals surface area (Å²) in [5, 5.41) is 3.48. The zero-order valence-electron chi connectivity index (χ0n) is 12.5. The lowest BCUT2D eigenvalue weighted by molar-refractivity contribution is 0.111. The molecular formula is C15H26N2O2. The Morgan fingerprint density at radius 1 is 1.53 bits per heavy atom. The first-order valence-electron chi connectivity index (χ1n) is 7.11. The summed E-state index contributed by atoms with van der Waals surface area (Å²) in [6.45, 7) is 6.73. The van der Waals surface area contributed by atoms with Crippen LogP contribution in [0.5, 0.6) is 0 Å². The van der Waals surface area contributed by atoms with Crippen molar-refractivity contribution >= 4 is 0 Å². The fourth-order valence-corrected chi connectivity index (χ4v) is 2.16. The number of hydrogen-bond acceptors (Lipinski definition) is 4. The topological polar surface area (TPSA) is 37.6 Å². The highest BCUT2D eigenvalue weighted by atomic mass is 16.5. The molecule has 4 nitrogen and oxygen atoms in total. The molecule has 1 atom stereocenters. The summed E-state index contributed by atoms with van der Waals surface area (Å²) in [6, 6.07) is 3.31. The third-order valence-electron chi connectivity index (χ3n) is 3.79. The SMILES string of the molecule is COCC(C)N(C)Cc1cc(CNC2CC2)oc1C. The van der Waals surface area contributed by atoms with Gasteiger partial charge >= 0.3 is 0 Å². The number of nitrogens with one attached hydrogen (secondary N) is 1. The van der Waals surface area contributed by atoms with E-state index in [4.69, 9.17) is 9.15 Å². The summed E-state index contributed by atoms with van der Waals surface area (Å²) >= 11 is 0. The molecule has 1 aromatic rings. The predicted octanol–water partition coefficient (Wildman–Crippen LogP) is 2.31. The number of likely N-dealkylation sites (N-methyl/N-ethyl adjacent to an activating group) is 1. The van der Waals surface area contributed by atoms with E-state index >= 15 is 0 Å². The molecule has 1 saturated carbocycles. The Morgan fingerprint density at radius 2 is 2.26 bits per heavy atom. The van der Waals surface area contributed by atoms with Crippen LogP contribution >= 0.6 is 0 Å². The summed E-state index contributed by atoms with van der Waals surface area (Å²) in [5.41, 5.74) is 1.28. The number of hydrogen-bond donors (Lipinski definition) is 1. The van der Waals surface area contributed by atoms with Gasteiger partial charge in [-0.25, -0.2) is 0 Å². The molecule has 1 aliphatic rings. The lowest BCUT2D eigenvalue weighted by atomic mass is 10.2. The highest BCUT2D eigenvalue weighted by Gasteiger charge is 2.21. The molecular weight excluding hydrogens is 240 g/mol. The smallest absolute Gasteiger partial charge is 0.118 e. The van der Waals surface area contributed by atoms with Crippen LogP contribution in [0.15, 0.2) is 10.5 Å². The van der Waals surface area contributed by atoms with E-state index in [9.17, 15) is 0 Å². The number of nitrogens with zero attached hydrogens (tertiary/aromatic N) is 1. The Bertz CT molecular complexity index is 399. The van der Waals surface area contributed by atoms with Gasteiger partial charge in [0.25, 0.3) is 0 Å². The van der Waals surface area contributed by atoms with Crippen LogP contribution in [0.2, 0.25) is 0 Å². The second kappa shape index (κ2) is 6.55. The van der Waals surface area contributed by atoms with Crippen LogP contribution in [0.25, 0.3) is 0 Å². The average Bonchev–Trinajstić information content (AvgIpc) is 3.13. The van der Waals surface area contributed by atoms with Crippen LogP contribution in [0.1, 0.15) is 36.8 Å². The van der Waals surface area contributed by atoms with Crippen LogP contribution in [-0.2, 0) is 17.8 Å². The number of furan rings is 1. The van der Waals surface area contributed by atoms with Crippen molar-refractivity contribution in [1.29, 1.82) is 0 Å². The van der Waals surface area contributed by atoms with E-state index < -0.39 is 0 Å². The van der Waals surface area contributed by atoms with Crippen molar-refractivity contribution < 1.29 is 9.15 Å². The number of methoxy groups -OCH3 is 1. The van der Waals surface area contributed by atoms with Gasteiger partial charge in [0.05, 0.1) is 13.2 Å². The van der Waals surface area contributed by atoms with E-state index in [1.807, 2.05) is 6.92 Å². The molecule has 0 bridgehead atoms. The lowest BCUT2D eigenvalue weighted by Crippen LogP contribution is -2.32. The summed E-state index contributed by atoms with van der Waals surface area (Å²) in [7, 11) is 3.87. The Morgan fingerprint density at radius 3 is 2.89 bits per heavy atom. The maximum atomic E-state index is 5.81. The molecule has 1 fully saturated rings. The highest BCUT2D eigenvalue weighted by molar-refractivity contribution is 5.21. The van der Waals surface area contributed by atoms with Gasteiger partial charge in [0.2, 0.25) is 0 Å². The minimum absolute atomic E-state index is 0.410. The molecule has 0 aromatic carbocycles. The molecule has 1 N–H and O–H groups in total. The molecule has 0 aliphatic heterocycles. The van der Waals surface area contributed by atoms with E-state index in [-0.39, 0.29) is 0 Å². The Labute approximate surface area is 116 Å². The van der Waals surface area contributed by atoms with Crippen molar-refractivity contribution in [3.63, 3.8) is 0 Å². The Hall–Kier alpha value is -0.840. The number of rotatable bonds is 8. The Balaban J connectivity index is 1.87. The standard InChI is InChI=1S/C15H26N2O2/c1-11(10-18-4)17(3)9-13-7-15(19-12(13)2)8-16-14-5-6-14/h7,11,14,16H,5-6,8-10H2,1-4H3.